The Balaban J connectivity index is 3.93. The Morgan fingerprint density at radius 2 is 0.704 bits per heavy atom. The second kappa shape index (κ2) is 62.0. The molecule has 0 aromatic rings. The van der Waals surface area contributed by atoms with Crippen LogP contribution in [0, 0.1) is 0 Å². The standard InChI is InChI=1S/C71H130NO8P/c1-6-8-10-12-14-16-18-20-22-24-26-27-28-29-30-31-32-33-34-35-36-37-38-39-40-41-42-43-44-45-46-48-50-52-54-56-58-60-62-64-71(74)80-69(68-79-81(75,76)78-66-65-72(3,4)5)67-77-70(73)63-61-59-57-55-53-51-49-47-25-23-21-19-17-15-13-11-9-7-2/h8,10,14,16-17,19-20,22-23,25-27,69H,6-7,9,11-13,15,18,21,24,28-68H2,1-5H3/b10-8-,16-14-,19-17-,22-20-,25-23-,27-26-. The van der Waals surface area contributed by atoms with E-state index in [0.29, 0.717) is 17.4 Å². The maximum atomic E-state index is 12.8. The average molecular weight is 1160 g/mol. The number of ether oxygens (including phenoxy) is 2. The van der Waals surface area contributed by atoms with Crippen LogP contribution in [0.4, 0.5) is 0 Å². The van der Waals surface area contributed by atoms with Crippen molar-refractivity contribution in [3.05, 3.63) is 72.9 Å². The van der Waals surface area contributed by atoms with E-state index < -0.39 is 26.5 Å². The fourth-order valence-electron chi connectivity index (χ4n) is 9.74. The van der Waals surface area contributed by atoms with Crippen LogP contribution < -0.4 is 4.89 Å². The molecule has 0 spiro atoms. The third kappa shape index (κ3) is 66.5. The minimum Gasteiger partial charge on any atom is -0.756 e. The number of hydrogen-bond acceptors (Lipinski definition) is 8. The van der Waals surface area contributed by atoms with Crippen molar-refractivity contribution < 1.29 is 42.1 Å². The third-order valence-electron chi connectivity index (χ3n) is 15.0. The van der Waals surface area contributed by atoms with Gasteiger partial charge >= 0.3 is 11.9 Å². The fourth-order valence-corrected chi connectivity index (χ4v) is 10.5. The molecule has 0 amide bonds. The Morgan fingerprint density at radius 1 is 0.395 bits per heavy atom. The van der Waals surface area contributed by atoms with Crippen molar-refractivity contribution in [1.82, 2.24) is 0 Å². The van der Waals surface area contributed by atoms with Crippen molar-refractivity contribution >= 4 is 19.8 Å². The molecule has 9 nitrogen and oxygen atoms in total. The molecular formula is C71H130NO8P. The molecule has 0 radical (unpaired) electrons. The number of likely N-dealkylation sites (N-methyl/N-ethyl adjacent to an activating group) is 1. The summed E-state index contributed by atoms with van der Waals surface area (Å²) in [7, 11) is 1.17. The van der Waals surface area contributed by atoms with E-state index in [0.717, 1.165) is 77.0 Å². The van der Waals surface area contributed by atoms with Crippen LogP contribution in [0.1, 0.15) is 316 Å². The Labute approximate surface area is 501 Å². The highest BCUT2D eigenvalue weighted by molar-refractivity contribution is 7.45. The fraction of sp³-hybridized carbons (Fsp3) is 0.803. The van der Waals surface area contributed by atoms with Crippen molar-refractivity contribution in [2.24, 2.45) is 0 Å². The van der Waals surface area contributed by atoms with E-state index in [-0.39, 0.29) is 32.0 Å². The number of phosphoric ester groups is 1. The number of rotatable bonds is 63. The summed E-state index contributed by atoms with van der Waals surface area (Å²) in [5.41, 5.74) is 0. The lowest BCUT2D eigenvalue weighted by Gasteiger charge is -2.28. The van der Waals surface area contributed by atoms with E-state index >= 15 is 0 Å². The minimum atomic E-state index is -4.64. The van der Waals surface area contributed by atoms with Crippen molar-refractivity contribution in [3.63, 3.8) is 0 Å². The topological polar surface area (TPSA) is 111 Å². The van der Waals surface area contributed by atoms with Gasteiger partial charge in [-0.1, -0.05) is 292 Å². The first-order chi connectivity index (χ1) is 39.5. The molecule has 0 bridgehead atoms. The van der Waals surface area contributed by atoms with Gasteiger partial charge in [0.1, 0.15) is 19.8 Å². The molecule has 0 rings (SSSR count). The van der Waals surface area contributed by atoms with Crippen LogP contribution in [0.25, 0.3) is 0 Å². The zero-order valence-electron chi connectivity index (χ0n) is 53.7. The van der Waals surface area contributed by atoms with Gasteiger partial charge in [-0.25, -0.2) is 0 Å². The van der Waals surface area contributed by atoms with Crippen LogP contribution in [-0.4, -0.2) is 70.0 Å². The van der Waals surface area contributed by atoms with E-state index in [9.17, 15) is 19.0 Å². The number of unbranched alkanes of at least 4 members (excludes halogenated alkanes) is 37. The normalized spacial score (nSPS) is 13.6. The van der Waals surface area contributed by atoms with Crippen molar-refractivity contribution in [2.45, 2.75) is 322 Å². The molecule has 0 heterocycles. The minimum absolute atomic E-state index is 0.0318. The molecule has 0 aliphatic rings. The highest BCUT2D eigenvalue weighted by Crippen LogP contribution is 2.38. The van der Waals surface area contributed by atoms with Crippen molar-refractivity contribution in [1.29, 1.82) is 0 Å². The monoisotopic (exact) mass is 1160 g/mol. The van der Waals surface area contributed by atoms with Crippen LogP contribution >= 0.6 is 7.82 Å². The smallest absolute Gasteiger partial charge is 0.306 e. The molecule has 2 atom stereocenters. The van der Waals surface area contributed by atoms with Gasteiger partial charge in [0.2, 0.25) is 0 Å². The summed E-state index contributed by atoms with van der Waals surface area (Å²) in [6, 6.07) is 0. The van der Waals surface area contributed by atoms with E-state index in [4.69, 9.17) is 18.5 Å². The summed E-state index contributed by atoms with van der Waals surface area (Å²) in [5, 5.41) is 0. The highest BCUT2D eigenvalue weighted by Gasteiger charge is 2.22. The molecule has 0 N–H and O–H groups in total. The number of nitrogens with zero attached hydrogens (tertiary/aromatic N) is 1. The number of quaternary nitrogens is 1. The third-order valence-corrected chi connectivity index (χ3v) is 15.9. The predicted molar refractivity (Wildman–Crippen MR) is 346 cm³/mol. The van der Waals surface area contributed by atoms with Gasteiger partial charge in [-0.3, -0.25) is 14.2 Å². The van der Waals surface area contributed by atoms with E-state index in [1.165, 1.54) is 205 Å². The zero-order valence-corrected chi connectivity index (χ0v) is 54.6. The van der Waals surface area contributed by atoms with Gasteiger partial charge in [-0.05, 0) is 83.5 Å². The summed E-state index contributed by atoms with van der Waals surface area (Å²) >= 11 is 0. The number of carbonyl (C=O) groups excluding carboxylic acids is 2. The molecule has 0 saturated heterocycles. The number of phosphoric acid groups is 1. The quantitative estimate of drug-likeness (QED) is 0.0195. The van der Waals surface area contributed by atoms with Crippen LogP contribution in [0.2, 0.25) is 0 Å². The van der Waals surface area contributed by atoms with Crippen molar-refractivity contribution in [2.75, 3.05) is 47.5 Å². The van der Waals surface area contributed by atoms with Gasteiger partial charge in [-0.2, -0.15) is 0 Å². The zero-order chi connectivity index (χ0) is 59.1. The Hall–Kier alpha value is -2.55. The van der Waals surface area contributed by atoms with Gasteiger partial charge in [0, 0.05) is 12.8 Å². The molecule has 0 aliphatic carbocycles. The molecule has 0 aromatic carbocycles. The first kappa shape index (κ1) is 78.5. The first-order valence-electron chi connectivity index (χ1n) is 34.1. The van der Waals surface area contributed by atoms with Crippen LogP contribution in [0.5, 0.6) is 0 Å². The van der Waals surface area contributed by atoms with Gasteiger partial charge in [0.05, 0.1) is 27.7 Å². The lowest BCUT2D eigenvalue weighted by Crippen LogP contribution is -2.37. The molecule has 472 valence electrons. The molecule has 10 heteroatoms. The molecule has 0 fully saturated rings. The SMILES string of the molecule is CC/C=C\C/C=C\C/C=C\C/C=C\CCCCCCCCCCCCCCCCCCCCCCCCCCCCC(=O)OC(COC(=O)CCCCCCCCC/C=C\C/C=C\CCCCCC)COP(=O)([O-])OCC[N+](C)(C)C. The van der Waals surface area contributed by atoms with Crippen LogP contribution in [0.15, 0.2) is 72.9 Å². The molecule has 2 unspecified atom stereocenters. The van der Waals surface area contributed by atoms with E-state index in [1.54, 1.807) is 0 Å². The summed E-state index contributed by atoms with van der Waals surface area (Å²) in [6.07, 6.45) is 82.8. The van der Waals surface area contributed by atoms with Gasteiger partial charge in [-0.15, -0.1) is 0 Å². The predicted octanol–water partition coefficient (Wildman–Crippen LogP) is 21.4. The molecular weight excluding hydrogens is 1030 g/mol. The molecule has 81 heavy (non-hydrogen) atoms. The van der Waals surface area contributed by atoms with Crippen molar-refractivity contribution in [3.8, 4) is 0 Å². The summed E-state index contributed by atoms with van der Waals surface area (Å²) in [5.74, 6) is -0.830. The lowest BCUT2D eigenvalue weighted by molar-refractivity contribution is -0.870. The van der Waals surface area contributed by atoms with Crippen LogP contribution in [0.3, 0.4) is 0 Å². The van der Waals surface area contributed by atoms with E-state index in [2.05, 4.69) is 86.8 Å². The number of allylic oxidation sites excluding steroid dienone is 12. The maximum absolute atomic E-state index is 12.8. The average Bonchev–Trinajstić information content (AvgIpc) is 3.43. The molecule has 0 saturated carbocycles. The van der Waals surface area contributed by atoms with Gasteiger partial charge < -0.3 is 27.9 Å². The number of esters is 2. The summed E-state index contributed by atoms with van der Waals surface area (Å²) in [4.78, 5) is 38.0. The number of hydrogen-bond donors (Lipinski definition) is 0. The maximum Gasteiger partial charge on any atom is 0.306 e. The highest BCUT2D eigenvalue weighted by atomic mass is 31.2. The Bertz CT molecular complexity index is 1600. The van der Waals surface area contributed by atoms with Crippen LogP contribution in [-0.2, 0) is 32.7 Å². The summed E-state index contributed by atoms with van der Waals surface area (Å²) < 4.78 is 34.2. The Kier molecular flexibility index (Phi) is 60.0. The molecule has 0 aliphatic heterocycles. The lowest BCUT2D eigenvalue weighted by atomic mass is 10.0. The van der Waals surface area contributed by atoms with Gasteiger partial charge in [0.25, 0.3) is 7.82 Å². The largest absolute Gasteiger partial charge is 0.756 e. The summed E-state index contributed by atoms with van der Waals surface area (Å²) in [6.45, 7) is 4.14. The second-order valence-corrected chi connectivity index (χ2v) is 25.6. The number of carbonyl (C=O) groups is 2. The Morgan fingerprint density at radius 3 is 1.05 bits per heavy atom. The van der Waals surface area contributed by atoms with E-state index in [1.807, 2.05) is 21.1 Å². The first-order valence-corrected chi connectivity index (χ1v) is 35.6. The van der Waals surface area contributed by atoms with Gasteiger partial charge in [0.15, 0.2) is 6.10 Å². The second-order valence-electron chi connectivity index (χ2n) is 24.2. The molecule has 0 aromatic heterocycles.